The van der Waals surface area contributed by atoms with E-state index in [1.165, 1.54) is 0 Å². The van der Waals surface area contributed by atoms with Crippen LogP contribution in [0, 0.1) is 0 Å². The molecule has 33 heavy (non-hydrogen) atoms. The van der Waals surface area contributed by atoms with Crippen molar-refractivity contribution in [2.45, 2.75) is 37.8 Å². The molecule has 1 aliphatic carbocycles. The first-order valence-electron chi connectivity index (χ1n) is 11.2. The number of nitrogens with one attached hydrogen (secondary N) is 1. The van der Waals surface area contributed by atoms with Gasteiger partial charge in [-0.05, 0) is 35.6 Å². The van der Waals surface area contributed by atoms with Gasteiger partial charge in [0.1, 0.15) is 12.6 Å². The fourth-order valence-electron chi connectivity index (χ4n) is 4.72. The zero-order chi connectivity index (χ0) is 23.4. The number of carbonyl (C=O) groups excluding carboxylic acids is 2. The van der Waals surface area contributed by atoms with Crippen molar-refractivity contribution in [1.29, 1.82) is 0 Å². The summed E-state index contributed by atoms with van der Waals surface area (Å²) in [5.74, 6) is -1.74. The molecular formula is C25H28N2O6. The number of carboxylic acids is 1. The van der Waals surface area contributed by atoms with Crippen LogP contribution in [0.5, 0.6) is 0 Å². The zero-order valence-electron chi connectivity index (χ0n) is 18.5. The Kier molecular flexibility index (Phi) is 6.93. The van der Waals surface area contributed by atoms with E-state index >= 15 is 0 Å². The van der Waals surface area contributed by atoms with Gasteiger partial charge in [-0.15, -0.1) is 0 Å². The van der Waals surface area contributed by atoms with Crippen LogP contribution >= 0.6 is 0 Å². The van der Waals surface area contributed by atoms with Gasteiger partial charge in [-0.25, -0.2) is 4.79 Å². The third-order valence-corrected chi connectivity index (χ3v) is 6.28. The summed E-state index contributed by atoms with van der Waals surface area (Å²) in [6, 6.07) is 14.6. The van der Waals surface area contributed by atoms with Gasteiger partial charge < -0.3 is 24.8 Å². The summed E-state index contributed by atoms with van der Waals surface area (Å²) < 4.78 is 10.9. The van der Waals surface area contributed by atoms with Crippen molar-refractivity contribution in [3.05, 3.63) is 59.7 Å². The number of carbonyl (C=O) groups is 3. The Hall–Kier alpha value is -3.39. The molecule has 2 aromatic carbocycles. The molecule has 2 aliphatic rings. The normalized spacial score (nSPS) is 17.7. The lowest BCUT2D eigenvalue weighted by atomic mass is 9.98. The Balaban J connectivity index is 1.44. The van der Waals surface area contributed by atoms with E-state index in [4.69, 9.17) is 9.47 Å². The van der Waals surface area contributed by atoms with Crippen molar-refractivity contribution in [3.8, 4) is 11.1 Å². The number of hydrogen-bond donors (Lipinski definition) is 2. The Morgan fingerprint density at radius 3 is 2.30 bits per heavy atom. The molecule has 8 nitrogen and oxygen atoms in total. The summed E-state index contributed by atoms with van der Waals surface area (Å²) >= 11 is 0. The molecular weight excluding hydrogens is 424 g/mol. The minimum absolute atomic E-state index is 0.0851. The monoisotopic (exact) mass is 452 g/mol. The first-order valence-corrected chi connectivity index (χ1v) is 11.2. The number of rotatable bonds is 8. The third kappa shape index (κ3) is 4.85. The molecule has 2 atom stereocenters. The summed E-state index contributed by atoms with van der Waals surface area (Å²) in [5, 5.41) is 11.8. The molecule has 0 aromatic heterocycles. The minimum Gasteiger partial charge on any atom is -0.481 e. The van der Waals surface area contributed by atoms with Crippen molar-refractivity contribution >= 4 is 18.0 Å². The van der Waals surface area contributed by atoms with Crippen molar-refractivity contribution in [3.63, 3.8) is 0 Å². The van der Waals surface area contributed by atoms with Gasteiger partial charge in [0, 0.05) is 19.1 Å². The Labute approximate surface area is 192 Å². The van der Waals surface area contributed by atoms with Crippen molar-refractivity contribution in [1.82, 2.24) is 10.2 Å². The average Bonchev–Trinajstić information content (AvgIpc) is 3.44. The molecule has 4 rings (SSSR count). The highest BCUT2D eigenvalue weighted by Crippen LogP contribution is 2.44. The standard InChI is InChI=1S/C25H28N2O6/c1-2-27(16-11-12-32-14-16)24(30)22(13-23(28)29)26-25(31)33-15-21-19-9-5-3-7-17(19)18-8-4-6-10-20(18)21/h3-10,16,21-22H,2,11-15H2,1H3,(H,26,31)(H,28,29). The van der Waals surface area contributed by atoms with Gasteiger partial charge in [-0.2, -0.15) is 0 Å². The van der Waals surface area contributed by atoms with Gasteiger partial charge in [-0.3, -0.25) is 9.59 Å². The van der Waals surface area contributed by atoms with Gasteiger partial charge in [0.25, 0.3) is 0 Å². The Bertz CT molecular complexity index is 988. The fraction of sp³-hybridized carbons (Fsp3) is 0.400. The number of likely N-dealkylation sites (N-methyl/N-ethyl adjacent to an activating group) is 1. The highest BCUT2D eigenvalue weighted by atomic mass is 16.5. The first-order chi connectivity index (χ1) is 16.0. The Morgan fingerprint density at radius 2 is 1.76 bits per heavy atom. The summed E-state index contributed by atoms with van der Waals surface area (Å²) in [4.78, 5) is 38.6. The molecule has 0 radical (unpaired) electrons. The fourth-order valence-corrected chi connectivity index (χ4v) is 4.72. The average molecular weight is 453 g/mol. The number of fused-ring (bicyclic) bond motifs is 3. The van der Waals surface area contributed by atoms with Crippen LogP contribution in [-0.2, 0) is 19.1 Å². The number of nitrogens with zero attached hydrogens (tertiary/aromatic N) is 1. The maximum Gasteiger partial charge on any atom is 0.407 e. The van der Waals surface area contributed by atoms with E-state index in [1.807, 2.05) is 55.5 Å². The van der Waals surface area contributed by atoms with Crippen molar-refractivity contribution in [2.75, 3.05) is 26.4 Å². The summed E-state index contributed by atoms with van der Waals surface area (Å²) in [7, 11) is 0. The van der Waals surface area contributed by atoms with Crippen molar-refractivity contribution < 1.29 is 29.0 Å². The van der Waals surface area contributed by atoms with Crippen LogP contribution in [-0.4, -0.2) is 66.4 Å². The van der Waals surface area contributed by atoms with Crippen LogP contribution in [0.2, 0.25) is 0 Å². The Morgan fingerprint density at radius 1 is 1.12 bits per heavy atom. The number of ether oxygens (including phenoxy) is 2. The molecule has 0 saturated carbocycles. The molecule has 0 spiro atoms. The summed E-state index contributed by atoms with van der Waals surface area (Å²) in [6.07, 6.45) is -0.646. The van der Waals surface area contributed by atoms with Crippen LogP contribution in [0.4, 0.5) is 4.79 Å². The van der Waals surface area contributed by atoms with E-state index in [1.54, 1.807) is 4.90 Å². The lowest BCUT2D eigenvalue weighted by Gasteiger charge is -2.30. The molecule has 174 valence electrons. The predicted molar refractivity (Wildman–Crippen MR) is 121 cm³/mol. The van der Waals surface area contributed by atoms with Gasteiger partial charge >= 0.3 is 12.1 Å². The molecule has 8 heteroatoms. The van der Waals surface area contributed by atoms with Gasteiger partial charge in [0.05, 0.1) is 19.1 Å². The minimum atomic E-state index is -1.21. The topological polar surface area (TPSA) is 105 Å². The van der Waals surface area contributed by atoms with Gasteiger partial charge in [0.2, 0.25) is 5.91 Å². The highest BCUT2D eigenvalue weighted by Gasteiger charge is 2.34. The molecule has 2 unspecified atom stereocenters. The molecule has 2 amide bonds. The molecule has 2 N–H and O–H groups in total. The second-order valence-corrected chi connectivity index (χ2v) is 8.26. The summed E-state index contributed by atoms with van der Waals surface area (Å²) in [5.41, 5.74) is 4.36. The largest absolute Gasteiger partial charge is 0.481 e. The van der Waals surface area contributed by atoms with Crippen LogP contribution in [0.3, 0.4) is 0 Å². The molecule has 1 aliphatic heterocycles. The summed E-state index contributed by atoms with van der Waals surface area (Å²) in [6.45, 7) is 3.26. The number of carboxylic acid groups (broad SMARTS) is 1. The van der Waals surface area contributed by atoms with E-state index < -0.39 is 30.4 Å². The number of alkyl carbamates (subject to hydrolysis) is 1. The smallest absolute Gasteiger partial charge is 0.407 e. The predicted octanol–water partition coefficient (Wildman–Crippen LogP) is 3.01. The van der Waals surface area contributed by atoms with Crippen LogP contribution in [0.25, 0.3) is 11.1 Å². The lowest BCUT2D eigenvalue weighted by Crippen LogP contribution is -2.53. The maximum atomic E-state index is 13.1. The van der Waals surface area contributed by atoms with E-state index in [0.717, 1.165) is 22.3 Å². The van der Waals surface area contributed by atoms with Crippen LogP contribution < -0.4 is 5.32 Å². The molecule has 1 saturated heterocycles. The molecule has 1 heterocycles. The SMILES string of the molecule is CCN(C(=O)C(CC(=O)O)NC(=O)OCC1c2ccccc2-c2ccccc21)C1CCOC1. The third-order valence-electron chi connectivity index (χ3n) is 6.28. The van der Waals surface area contributed by atoms with Gasteiger partial charge in [-0.1, -0.05) is 48.5 Å². The quantitative estimate of drug-likeness (QED) is 0.638. The zero-order valence-corrected chi connectivity index (χ0v) is 18.5. The number of hydrogen-bond acceptors (Lipinski definition) is 5. The highest BCUT2D eigenvalue weighted by molar-refractivity contribution is 5.89. The maximum absolute atomic E-state index is 13.1. The van der Waals surface area contributed by atoms with Crippen molar-refractivity contribution in [2.24, 2.45) is 0 Å². The number of benzene rings is 2. The van der Waals surface area contributed by atoms with Crippen LogP contribution in [0.15, 0.2) is 48.5 Å². The molecule has 2 aromatic rings. The van der Waals surface area contributed by atoms with Crippen LogP contribution in [0.1, 0.15) is 36.8 Å². The van der Waals surface area contributed by atoms with Gasteiger partial charge in [0.15, 0.2) is 0 Å². The van der Waals surface area contributed by atoms with E-state index in [2.05, 4.69) is 5.32 Å². The second kappa shape index (κ2) is 10.0. The second-order valence-electron chi connectivity index (χ2n) is 8.26. The molecule has 1 fully saturated rings. The first kappa shape index (κ1) is 22.8. The number of amides is 2. The molecule has 0 bridgehead atoms. The van der Waals surface area contributed by atoms with E-state index in [9.17, 15) is 19.5 Å². The van der Waals surface area contributed by atoms with E-state index in [-0.39, 0.29) is 18.6 Å². The number of aliphatic carboxylic acids is 1. The lowest BCUT2D eigenvalue weighted by molar-refractivity contribution is -0.143. The van der Waals surface area contributed by atoms with E-state index in [0.29, 0.717) is 26.2 Å².